The maximum Gasteiger partial charge on any atom is 0.343 e. The smallest absolute Gasteiger partial charge is 0.343 e. The second-order valence-electron chi connectivity index (χ2n) is 14.2. The second-order valence-corrected chi connectivity index (χ2v) is 18.6. The number of carbonyl (C=O) groups excluding carboxylic acids is 1. The normalized spacial score (nSPS) is 37.3. The van der Waals surface area contributed by atoms with Crippen LogP contribution in [-0.2, 0) is 42.1 Å². The number of hydrogen-bond acceptors (Lipinski definition) is 10. The number of hydrogen-bond donors (Lipinski definition) is 1. The lowest BCUT2D eigenvalue weighted by Gasteiger charge is -2.47. The van der Waals surface area contributed by atoms with Gasteiger partial charge in [-0.05, 0) is 58.5 Å². The number of carbonyl (C=O) groups is 1. The van der Waals surface area contributed by atoms with Crippen LogP contribution in [0.15, 0.2) is 0 Å². The van der Waals surface area contributed by atoms with Gasteiger partial charge in [-0.1, -0.05) is 27.7 Å². The molecule has 0 spiro atoms. The van der Waals surface area contributed by atoms with Crippen molar-refractivity contribution in [1.82, 2.24) is 0 Å². The van der Waals surface area contributed by atoms with E-state index in [1.807, 2.05) is 34.6 Å². The van der Waals surface area contributed by atoms with Gasteiger partial charge in [0.2, 0.25) is 0 Å². The standard InChI is InChI=1S/C30H54O10Si/c1-17(2)41(33-10,18(3)4)40-25-22(15-20-16-35-30(8,9)39-20)38-26-23(31)24-21(37-27(25)26)12-11-19(36-24)13-14-34-28(32)29(5,6)7/h17-27,31H,11-16H2,1-10H3/t19-,20?,21+,22-,23?,24-,25+,26-,27+/m1/s1. The molecule has 0 aromatic rings. The molecule has 2 unspecified atom stereocenters. The molecule has 0 radical (unpaired) electrons. The third-order valence-corrected chi connectivity index (χ3v) is 13.4. The van der Waals surface area contributed by atoms with Crippen molar-refractivity contribution >= 4 is 14.5 Å². The fraction of sp³-hybridized carbons (Fsp3) is 0.967. The summed E-state index contributed by atoms with van der Waals surface area (Å²) in [4.78, 5) is 12.2. The van der Waals surface area contributed by atoms with E-state index in [0.717, 1.165) is 12.8 Å². The summed E-state index contributed by atoms with van der Waals surface area (Å²) in [6.45, 7) is 18.7. The van der Waals surface area contributed by atoms with E-state index in [9.17, 15) is 9.90 Å². The quantitative estimate of drug-likeness (QED) is 0.288. The largest absolute Gasteiger partial charge is 0.465 e. The number of aliphatic hydroxyl groups is 1. The van der Waals surface area contributed by atoms with Gasteiger partial charge in [-0.3, -0.25) is 4.79 Å². The molecule has 238 valence electrons. The average Bonchev–Trinajstić information content (AvgIpc) is 3.40. The van der Waals surface area contributed by atoms with Crippen LogP contribution >= 0.6 is 0 Å². The minimum Gasteiger partial charge on any atom is -0.465 e. The van der Waals surface area contributed by atoms with Crippen LogP contribution in [-0.4, -0.2) is 101 Å². The SMILES string of the molecule is CO[Si](O[C@@H]1[C@@H]2O[C@H]3CC[C@H](CCOC(=O)C(C)(C)C)O[C@H]3C(O)[C@H]2O[C@@H]1CC1COC(C)(C)O1)(C(C)C)C(C)C. The van der Waals surface area contributed by atoms with Gasteiger partial charge in [-0.2, -0.15) is 0 Å². The molecule has 0 bridgehead atoms. The minimum atomic E-state index is -2.69. The van der Waals surface area contributed by atoms with Gasteiger partial charge in [0, 0.05) is 20.0 Å². The van der Waals surface area contributed by atoms with Crippen molar-refractivity contribution in [2.75, 3.05) is 20.3 Å². The number of aliphatic hydroxyl groups excluding tert-OH is 1. The summed E-state index contributed by atoms with van der Waals surface area (Å²) >= 11 is 0. The molecule has 4 aliphatic rings. The molecule has 11 heteroatoms. The van der Waals surface area contributed by atoms with Gasteiger partial charge >= 0.3 is 14.5 Å². The van der Waals surface area contributed by atoms with Gasteiger partial charge in [0.1, 0.15) is 30.5 Å². The topological polar surface area (TPSA) is 111 Å². The summed E-state index contributed by atoms with van der Waals surface area (Å²) in [7, 11) is -0.951. The maximum absolute atomic E-state index is 12.2. The molecule has 0 amide bonds. The van der Waals surface area contributed by atoms with Gasteiger partial charge in [0.05, 0.1) is 43.0 Å². The van der Waals surface area contributed by atoms with Crippen LogP contribution in [0.25, 0.3) is 0 Å². The Morgan fingerprint density at radius 1 is 1.00 bits per heavy atom. The van der Waals surface area contributed by atoms with Crippen molar-refractivity contribution in [3.05, 3.63) is 0 Å². The van der Waals surface area contributed by atoms with Crippen molar-refractivity contribution in [2.45, 2.75) is 160 Å². The van der Waals surface area contributed by atoms with E-state index >= 15 is 0 Å². The highest BCUT2D eigenvalue weighted by Crippen LogP contribution is 2.45. The second kappa shape index (κ2) is 12.8. The fourth-order valence-electron chi connectivity index (χ4n) is 6.77. The molecule has 4 fully saturated rings. The Hall–Kier alpha value is -0.633. The van der Waals surface area contributed by atoms with Crippen LogP contribution in [0.1, 0.15) is 88.0 Å². The van der Waals surface area contributed by atoms with Crippen LogP contribution < -0.4 is 0 Å². The summed E-state index contributed by atoms with van der Waals surface area (Å²) in [5, 5.41) is 11.6. The van der Waals surface area contributed by atoms with E-state index in [4.69, 9.17) is 37.3 Å². The fourth-order valence-corrected chi connectivity index (χ4v) is 10.4. The Bertz CT molecular complexity index is 881. The zero-order valence-electron chi connectivity index (χ0n) is 26.7. The lowest BCUT2D eigenvalue weighted by atomic mass is 9.88. The number of esters is 1. The van der Waals surface area contributed by atoms with Crippen LogP contribution in [0.4, 0.5) is 0 Å². The highest BCUT2D eigenvalue weighted by molar-refractivity contribution is 6.70. The van der Waals surface area contributed by atoms with E-state index in [1.54, 1.807) is 7.11 Å². The van der Waals surface area contributed by atoms with Crippen LogP contribution in [0.3, 0.4) is 0 Å². The first-order chi connectivity index (χ1) is 19.1. The van der Waals surface area contributed by atoms with Gasteiger partial charge in [-0.25, -0.2) is 0 Å². The third-order valence-electron chi connectivity index (χ3n) is 8.94. The zero-order chi connectivity index (χ0) is 30.3. The summed E-state index contributed by atoms with van der Waals surface area (Å²) < 4.78 is 50.3. The first-order valence-corrected chi connectivity index (χ1v) is 17.4. The first kappa shape index (κ1) is 33.3. The Balaban J connectivity index is 1.49. The molecule has 4 aliphatic heterocycles. The minimum absolute atomic E-state index is 0.134. The molecule has 0 aliphatic carbocycles. The Kier molecular flexibility index (Phi) is 10.4. The summed E-state index contributed by atoms with van der Waals surface area (Å²) in [6.07, 6.45) is -1.24. The molecule has 0 saturated carbocycles. The lowest BCUT2D eigenvalue weighted by molar-refractivity contribution is -0.260. The summed E-state index contributed by atoms with van der Waals surface area (Å²) in [5.41, 5.74) is -0.148. The van der Waals surface area contributed by atoms with Crippen LogP contribution in [0.5, 0.6) is 0 Å². The van der Waals surface area contributed by atoms with Crippen molar-refractivity contribution in [1.29, 1.82) is 0 Å². The number of fused-ring (bicyclic) bond motifs is 2. The predicted molar refractivity (Wildman–Crippen MR) is 154 cm³/mol. The highest BCUT2D eigenvalue weighted by atomic mass is 28.4. The molecule has 4 saturated heterocycles. The van der Waals surface area contributed by atoms with Gasteiger partial charge < -0.3 is 42.4 Å². The summed E-state index contributed by atoms with van der Waals surface area (Å²) in [5.74, 6) is -0.882. The molecule has 1 N–H and O–H groups in total. The Labute approximate surface area is 247 Å². The molecule has 4 heterocycles. The molecule has 0 aromatic heterocycles. The van der Waals surface area contributed by atoms with Crippen LogP contribution in [0, 0.1) is 5.41 Å². The summed E-state index contributed by atoms with van der Waals surface area (Å²) in [6, 6.07) is 0. The van der Waals surface area contributed by atoms with E-state index in [-0.39, 0.29) is 48.1 Å². The van der Waals surface area contributed by atoms with Crippen molar-refractivity contribution in [3.8, 4) is 0 Å². The maximum atomic E-state index is 12.2. The van der Waals surface area contributed by atoms with E-state index in [2.05, 4.69) is 27.7 Å². The molecule has 9 atom stereocenters. The monoisotopic (exact) mass is 602 g/mol. The third kappa shape index (κ3) is 7.20. The van der Waals surface area contributed by atoms with Gasteiger partial charge in [0.25, 0.3) is 0 Å². The zero-order valence-corrected chi connectivity index (χ0v) is 27.7. The molecule has 4 rings (SSSR count). The molecule has 0 aromatic carbocycles. The van der Waals surface area contributed by atoms with Crippen LogP contribution in [0.2, 0.25) is 11.1 Å². The molecule has 10 nitrogen and oxygen atoms in total. The Morgan fingerprint density at radius 3 is 2.24 bits per heavy atom. The van der Waals surface area contributed by atoms with E-state index in [0.29, 0.717) is 19.4 Å². The van der Waals surface area contributed by atoms with Gasteiger partial charge in [-0.15, -0.1) is 0 Å². The Morgan fingerprint density at radius 2 is 1.68 bits per heavy atom. The number of ether oxygens (including phenoxy) is 6. The number of rotatable bonds is 10. The average molecular weight is 603 g/mol. The molecular weight excluding hydrogens is 548 g/mol. The van der Waals surface area contributed by atoms with Crippen molar-refractivity contribution in [2.24, 2.45) is 5.41 Å². The molecular formula is C30H54O10Si. The first-order valence-electron chi connectivity index (χ1n) is 15.4. The van der Waals surface area contributed by atoms with Crippen molar-refractivity contribution < 1.29 is 47.2 Å². The predicted octanol–water partition coefficient (Wildman–Crippen LogP) is 4.24. The molecule has 41 heavy (non-hydrogen) atoms. The highest BCUT2D eigenvalue weighted by Gasteiger charge is 2.60. The van der Waals surface area contributed by atoms with E-state index in [1.165, 1.54) is 0 Å². The van der Waals surface area contributed by atoms with Crippen molar-refractivity contribution in [3.63, 3.8) is 0 Å². The lowest BCUT2D eigenvalue weighted by Crippen LogP contribution is -2.62. The van der Waals surface area contributed by atoms with E-state index < -0.39 is 50.3 Å². The van der Waals surface area contributed by atoms with Gasteiger partial charge in [0.15, 0.2) is 5.79 Å².